The van der Waals surface area contributed by atoms with Crippen LogP contribution < -0.4 is 14.8 Å². The number of esters is 1. The van der Waals surface area contributed by atoms with E-state index in [4.69, 9.17) is 14.2 Å². The van der Waals surface area contributed by atoms with Crippen molar-refractivity contribution in [2.75, 3.05) is 11.9 Å². The zero-order valence-electron chi connectivity index (χ0n) is 16.5. The summed E-state index contributed by atoms with van der Waals surface area (Å²) in [7, 11) is 0. The molecular weight excluding hydrogens is 370 g/mol. The number of carbonyl (C=O) groups is 2. The van der Waals surface area contributed by atoms with Gasteiger partial charge in [-0.3, -0.25) is 4.79 Å². The van der Waals surface area contributed by atoms with Gasteiger partial charge in [0, 0.05) is 24.6 Å². The minimum Gasteiger partial charge on any atom is -0.452 e. The number of rotatable bonds is 5. The monoisotopic (exact) mass is 395 g/mol. The number of benzene rings is 2. The minimum absolute atomic E-state index is 0.354. The summed E-state index contributed by atoms with van der Waals surface area (Å²) < 4.78 is 17.2. The Morgan fingerprint density at radius 2 is 1.72 bits per heavy atom. The van der Waals surface area contributed by atoms with Crippen molar-refractivity contribution in [3.05, 3.63) is 53.6 Å². The molecule has 29 heavy (non-hydrogen) atoms. The Kier molecular flexibility index (Phi) is 5.43. The molecule has 1 amide bonds. The molecule has 6 nitrogen and oxygen atoms in total. The van der Waals surface area contributed by atoms with Crippen LogP contribution in [0.1, 0.15) is 54.9 Å². The van der Waals surface area contributed by atoms with Gasteiger partial charge in [-0.25, -0.2) is 4.79 Å². The molecule has 2 aliphatic rings. The molecule has 0 atom stereocenters. The van der Waals surface area contributed by atoms with E-state index >= 15 is 0 Å². The first-order chi connectivity index (χ1) is 14.1. The van der Waals surface area contributed by atoms with Crippen molar-refractivity contribution in [2.24, 2.45) is 0 Å². The van der Waals surface area contributed by atoms with Crippen LogP contribution in [0.3, 0.4) is 0 Å². The number of hydrogen-bond acceptors (Lipinski definition) is 5. The van der Waals surface area contributed by atoms with Gasteiger partial charge < -0.3 is 19.5 Å². The quantitative estimate of drug-likeness (QED) is 0.756. The van der Waals surface area contributed by atoms with Crippen molar-refractivity contribution in [1.29, 1.82) is 0 Å². The fourth-order valence-electron chi connectivity index (χ4n) is 3.75. The van der Waals surface area contributed by atoms with Crippen molar-refractivity contribution < 1.29 is 23.8 Å². The molecule has 1 saturated carbocycles. The SMILES string of the molecule is CCc1ccc(C(=O)OCC(=O)Nc2ccc3c(c2)OC2(CCCCC2)O3)cc1. The largest absolute Gasteiger partial charge is 0.452 e. The van der Waals surface area contributed by atoms with Gasteiger partial charge >= 0.3 is 5.97 Å². The maximum atomic E-state index is 12.2. The Labute approximate surface area is 170 Å². The van der Waals surface area contributed by atoms with Gasteiger partial charge in [0.25, 0.3) is 11.7 Å². The molecule has 1 heterocycles. The lowest BCUT2D eigenvalue weighted by atomic mass is 9.94. The fourth-order valence-corrected chi connectivity index (χ4v) is 3.75. The number of ether oxygens (including phenoxy) is 3. The summed E-state index contributed by atoms with van der Waals surface area (Å²) >= 11 is 0. The molecule has 1 N–H and O–H groups in total. The van der Waals surface area contributed by atoms with Crippen molar-refractivity contribution in [1.82, 2.24) is 0 Å². The number of anilines is 1. The first-order valence-electron chi connectivity index (χ1n) is 10.1. The molecule has 2 aromatic rings. The highest BCUT2D eigenvalue weighted by Crippen LogP contribution is 2.46. The van der Waals surface area contributed by atoms with Crippen LogP contribution in [0.4, 0.5) is 5.69 Å². The van der Waals surface area contributed by atoms with E-state index in [-0.39, 0.29) is 6.61 Å². The zero-order valence-corrected chi connectivity index (χ0v) is 16.5. The number of carbonyl (C=O) groups excluding carboxylic acids is 2. The van der Waals surface area contributed by atoms with Crippen LogP contribution in [-0.4, -0.2) is 24.3 Å². The highest BCUT2D eigenvalue weighted by molar-refractivity contribution is 5.95. The first-order valence-corrected chi connectivity index (χ1v) is 10.1. The van der Waals surface area contributed by atoms with E-state index in [9.17, 15) is 9.59 Å². The molecule has 1 spiro atoms. The molecule has 1 aliphatic heterocycles. The van der Waals surface area contributed by atoms with Crippen LogP contribution in [-0.2, 0) is 16.0 Å². The second-order valence-electron chi connectivity index (χ2n) is 7.51. The predicted octanol–water partition coefficient (Wildman–Crippen LogP) is 4.48. The van der Waals surface area contributed by atoms with Crippen LogP contribution in [0.2, 0.25) is 0 Å². The highest BCUT2D eigenvalue weighted by Gasteiger charge is 2.42. The summed E-state index contributed by atoms with van der Waals surface area (Å²) in [4.78, 5) is 24.3. The van der Waals surface area contributed by atoms with E-state index in [1.54, 1.807) is 30.3 Å². The van der Waals surface area contributed by atoms with Crippen molar-refractivity contribution in [3.63, 3.8) is 0 Å². The third kappa shape index (κ3) is 4.36. The van der Waals surface area contributed by atoms with Crippen molar-refractivity contribution in [2.45, 2.75) is 51.2 Å². The first kappa shape index (κ1) is 19.3. The topological polar surface area (TPSA) is 73.9 Å². The fraction of sp³-hybridized carbons (Fsp3) is 0.391. The normalized spacial score (nSPS) is 16.4. The van der Waals surface area contributed by atoms with Crippen LogP contribution in [0.25, 0.3) is 0 Å². The van der Waals surface area contributed by atoms with Crippen LogP contribution in [0.5, 0.6) is 11.5 Å². The third-order valence-electron chi connectivity index (χ3n) is 5.37. The van der Waals surface area contributed by atoms with Gasteiger partial charge in [-0.05, 0) is 49.1 Å². The molecule has 0 bridgehead atoms. The maximum Gasteiger partial charge on any atom is 0.338 e. The highest BCUT2D eigenvalue weighted by atomic mass is 16.7. The van der Waals surface area contributed by atoms with Crippen molar-refractivity contribution >= 4 is 17.6 Å². The average molecular weight is 395 g/mol. The number of fused-ring (bicyclic) bond motifs is 1. The maximum absolute atomic E-state index is 12.2. The molecule has 2 aromatic carbocycles. The summed E-state index contributed by atoms with van der Waals surface area (Å²) in [6.45, 7) is 1.69. The smallest absolute Gasteiger partial charge is 0.338 e. The zero-order chi connectivity index (χ0) is 20.3. The van der Waals surface area contributed by atoms with Gasteiger partial charge in [0.05, 0.1) is 5.56 Å². The molecule has 152 valence electrons. The van der Waals surface area contributed by atoms with E-state index in [1.807, 2.05) is 19.1 Å². The van der Waals surface area contributed by atoms with Gasteiger partial charge in [-0.2, -0.15) is 0 Å². The Hall–Kier alpha value is -3.02. The summed E-state index contributed by atoms with van der Waals surface area (Å²) in [5.41, 5.74) is 2.14. The Morgan fingerprint density at radius 1 is 1.00 bits per heavy atom. The average Bonchev–Trinajstić information content (AvgIpc) is 3.09. The molecular formula is C23H25NO5. The van der Waals surface area contributed by atoms with Gasteiger partial charge in [0.15, 0.2) is 18.1 Å². The van der Waals surface area contributed by atoms with Gasteiger partial charge in [-0.15, -0.1) is 0 Å². The van der Waals surface area contributed by atoms with Gasteiger partial charge in [0.2, 0.25) is 0 Å². The second-order valence-corrected chi connectivity index (χ2v) is 7.51. The molecule has 6 heteroatoms. The van der Waals surface area contributed by atoms with E-state index in [0.717, 1.165) is 37.7 Å². The van der Waals surface area contributed by atoms with E-state index in [1.165, 1.54) is 6.42 Å². The molecule has 0 unspecified atom stereocenters. The summed E-state index contributed by atoms with van der Waals surface area (Å²) in [6, 6.07) is 12.5. The second kappa shape index (κ2) is 8.15. The molecule has 4 rings (SSSR count). The molecule has 0 aromatic heterocycles. The Balaban J connectivity index is 1.31. The van der Waals surface area contributed by atoms with E-state index < -0.39 is 17.7 Å². The summed E-state index contributed by atoms with van der Waals surface area (Å²) in [6.07, 6.45) is 6.02. The van der Waals surface area contributed by atoms with Crippen LogP contribution >= 0.6 is 0 Å². The minimum atomic E-state index is -0.550. The number of amides is 1. The van der Waals surface area contributed by atoms with Crippen molar-refractivity contribution in [3.8, 4) is 11.5 Å². The number of nitrogens with one attached hydrogen (secondary N) is 1. The lowest BCUT2D eigenvalue weighted by Gasteiger charge is -2.31. The predicted molar refractivity (Wildman–Crippen MR) is 108 cm³/mol. The molecule has 1 fully saturated rings. The standard InChI is InChI=1S/C23H25NO5/c1-2-16-6-8-17(9-7-16)22(26)27-15-21(25)24-18-10-11-19-20(14-18)29-23(28-19)12-4-3-5-13-23/h6-11,14H,2-5,12-13,15H2,1H3,(H,24,25). The van der Waals surface area contributed by atoms with Gasteiger partial charge in [-0.1, -0.05) is 25.5 Å². The molecule has 0 radical (unpaired) electrons. The molecule has 0 saturated heterocycles. The Bertz CT molecular complexity index is 900. The summed E-state index contributed by atoms with van der Waals surface area (Å²) in [5.74, 6) is -0.140. The summed E-state index contributed by atoms with van der Waals surface area (Å²) in [5, 5.41) is 2.74. The Morgan fingerprint density at radius 3 is 2.45 bits per heavy atom. The third-order valence-corrected chi connectivity index (χ3v) is 5.37. The lowest BCUT2D eigenvalue weighted by Crippen LogP contribution is -2.40. The van der Waals surface area contributed by atoms with Crippen LogP contribution in [0, 0.1) is 0 Å². The van der Waals surface area contributed by atoms with E-state index in [2.05, 4.69) is 5.32 Å². The van der Waals surface area contributed by atoms with Crippen LogP contribution in [0.15, 0.2) is 42.5 Å². The lowest BCUT2D eigenvalue weighted by molar-refractivity contribution is -0.119. The van der Waals surface area contributed by atoms with E-state index in [0.29, 0.717) is 22.7 Å². The number of hydrogen-bond donors (Lipinski definition) is 1. The van der Waals surface area contributed by atoms with Gasteiger partial charge in [0.1, 0.15) is 0 Å². The molecule has 1 aliphatic carbocycles. The number of aryl methyl sites for hydroxylation is 1.